The Morgan fingerprint density at radius 1 is 1.10 bits per heavy atom. The van der Waals surface area contributed by atoms with Crippen LogP contribution in [0.3, 0.4) is 0 Å². The fourth-order valence-corrected chi connectivity index (χ4v) is 2.89. The first-order valence-corrected chi connectivity index (χ1v) is 7.43. The molecule has 3 rings (SSSR count). The smallest absolute Gasteiger partial charge is 0.115 e. The van der Waals surface area contributed by atoms with E-state index in [4.69, 9.17) is 11.6 Å². The number of aryl methyl sites for hydroxylation is 1. The molecule has 2 aromatic heterocycles. The number of phenols is 1. The Labute approximate surface area is 131 Å². The molecule has 106 valence electrons. The van der Waals surface area contributed by atoms with Crippen molar-refractivity contribution in [3.05, 3.63) is 53.9 Å². The summed E-state index contributed by atoms with van der Waals surface area (Å²) in [5, 5.41) is 11.8. The number of phenolic OH excluding ortho intramolecular Hbond substituents is 1. The van der Waals surface area contributed by atoms with Crippen LogP contribution in [0.4, 0.5) is 0 Å². The van der Waals surface area contributed by atoms with Crippen molar-refractivity contribution in [3.63, 3.8) is 0 Å². The highest BCUT2D eigenvalue weighted by atomic mass is 35.5. The molecule has 0 saturated carbocycles. The van der Waals surface area contributed by atoms with Crippen molar-refractivity contribution in [1.29, 1.82) is 0 Å². The van der Waals surface area contributed by atoms with Crippen molar-refractivity contribution in [1.82, 2.24) is 14.5 Å². The van der Waals surface area contributed by atoms with Crippen molar-refractivity contribution in [2.24, 2.45) is 7.05 Å². The number of benzene rings is 1. The fourth-order valence-electron chi connectivity index (χ4n) is 1.88. The number of imidazole rings is 1. The average Bonchev–Trinajstić information content (AvgIpc) is 2.84. The van der Waals surface area contributed by atoms with E-state index in [1.54, 1.807) is 24.7 Å². The minimum Gasteiger partial charge on any atom is -0.508 e. The lowest BCUT2D eigenvalue weighted by Gasteiger charge is -2.06. The number of hydrogen-bond acceptors (Lipinski definition) is 4. The first kappa shape index (κ1) is 14.0. The van der Waals surface area contributed by atoms with Gasteiger partial charge in [-0.15, -0.1) is 0 Å². The highest BCUT2D eigenvalue weighted by Gasteiger charge is 2.13. The van der Waals surface area contributed by atoms with Crippen LogP contribution >= 0.6 is 23.4 Å². The van der Waals surface area contributed by atoms with Gasteiger partial charge in [-0.1, -0.05) is 11.6 Å². The van der Waals surface area contributed by atoms with Gasteiger partial charge < -0.3 is 9.67 Å². The summed E-state index contributed by atoms with van der Waals surface area (Å²) in [6.45, 7) is 0. The zero-order valence-corrected chi connectivity index (χ0v) is 12.8. The third-order valence-electron chi connectivity index (χ3n) is 2.93. The summed E-state index contributed by atoms with van der Waals surface area (Å²) in [6.07, 6.45) is 3.39. The van der Waals surface area contributed by atoms with E-state index in [0.717, 1.165) is 21.3 Å². The summed E-state index contributed by atoms with van der Waals surface area (Å²) >= 11 is 7.38. The van der Waals surface area contributed by atoms with Crippen LogP contribution in [0.25, 0.3) is 11.3 Å². The Morgan fingerprint density at radius 2 is 1.86 bits per heavy atom. The van der Waals surface area contributed by atoms with Gasteiger partial charge >= 0.3 is 0 Å². The maximum Gasteiger partial charge on any atom is 0.115 e. The minimum absolute atomic E-state index is 0.239. The zero-order chi connectivity index (χ0) is 14.8. The van der Waals surface area contributed by atoms with Crippen LogP contribution in [0.1, 0.15) is 0 Å². The fraction of sp³-hybridized carbons (Fsp3) is 0.0667. The summed E-state index contributed by atoms with van der Waals surface area (Å²) in [4.78, 5) is 8.73. The van der Waals surface area contributed by atoms with E-state index in [2.05, 4.69) is 9.97 Å². The van der Waals surface area contributed by atoms with Crippen LogP contribution in [0.5, 0.6) is 5.75 Å². The Bertz CT molecular complexity index is 754. The molecule has 1 aromatic carbocycles. The van der Waals surface area contributed by atoms with Crippen LogP contribution < -0.4 is 0 Å². The average molecular weight is 318 g/mol. The number of hydrogen-bond donors (Lipinski definition) is 1. The van der Waals surface area contributed by atoms with Crippen molar-refractivity contribution in [3.8, 4) is 17.0 Å². The first-order valence-electron chi connectivity index (χ1n) is 6.23. The van der Waals surface area contributed by atoms with E-state index >= 15 is 0 Å². The lowest BCUT2D eigenvalue weighted by molar-refractivity contribution is 0.475. The van der Waals surface area contributed by atoms with Gasteiger partial charge in [-0.3, -0.25) is 0 Å². The zero-order valence-electron chi connectivity index (χ0n) is 11.2. The molecule has 0 radical (unpaired) electrons. The van der Waals surface area contributed by atoms with Crippen LogP contribution in [0.15, 0.2) is 59.0 Å². The van der Waals surface area contributed by atoms with Gasteiger partial charge in [0.1, 0.15) is 21.5 Å². The van der Waals surface area contributed by atoms with E-state index in [0.29, 0.717) is 5.02 Å². The third kappa shape index (κ3) is 3.04. The number of pyridine rings is 1. The Hall–Kier alpha value is -1.98. The largest absolute Gasteiger partial charge is 0.508 e. The molecule has 0 atom stereocenters. The Balaban J connectivity index is 1.97. The molecular weight excluding hydrogens is 306 g/mol. The SMILES string of the molecule is Cn1cnc(-c2ccc(O)cc2)c1Sc1ccc(Cl)cn1. The van der Waals surface area contributed by atoms with Crippen molar-refractivity contribution < 1.29 is 5.11 Å². The van der Waals surface area contributed by atoms with Gasteiger partial charge in [0.2, 0.25) is 0 Å². The molecule has 2 heterocycles. The molecule has 1 N–H and O–H groups in total. The highest BCUT2D eigenvalue weighted by molar-refractivity contribution is 7.99. The molecule has 21 heavy (non-hydrogen) atoms. The van der Waals surface area contributed by atoms with Crippen LogP contribution in [0.2, 0.25) is 5.02 Å². The van der Waals surface area contributed by atoms with Crippen LogP contribution in [-0.2, 0) is 7.05 Å². The molecule has 0 aliphatic carbocycles. The summed E-state index contributed by atoms with van der Waals surface area (Å²) in [6, 6.07) is 10.7. The number of aromatic nitrogens is 3. The third-order valence-corrected chi connectivity index (χ3v) is 4.27. The van der Waals surface area contributed by atoms with Crippen molar-refractivity contribution in [2.75, 3.05) is 0 Å². The van der Waals surface area contributed by atoms with E-state index in [1.165, 1.54) is 11.8 Å². The van der Waals surface area contributed by atoms with Crippen molar-refractivity contribution in [2.45, 2.75) is 10.1 Å². The number of halogens is 1. The van der Waals surface area contributed by atoms with E-state index in [9.17, 15) is 5.11 Å². The molecular formula is C15H12ClN3OS. The minimum atomic E-state index is 0.239. The highest BCUT2D eigenvalue weighted by Crippen LogP contribution is 2.34. The van der Waals surface area contributed by atoms with Gasteiger partial charge in [0.15, 0.2) is 0 Å². The molecule has 0 amide bonds. The topological polar surface area (TPSA) is 50.9 Å². The number of nitrogens with zero attached hydrogens (tertiary/aromatic N) is 3. The van der Waals surface area contributed by atoms with Crippen LogP contribution in [-0.4, -0.2) is 19.6 Å². The second-order valence-electron chi connectivity index (χ2n) is 4.47. The summed E-state index contributed by atoms with van der Waals surface area (Å²) in [5.41, 5.74) is 1.81. The molecule has 0 aliphatic rings. The molecule has 0 spiro atoms. The summed E-state index contributed by atoms with van der Waals surface area (Å²) in [7, 11) is 1.94. The first-order chi connectivity index (χ1) is 10.1. The Kier molecular flexibility index (Phi) is 3.86. The van der Waals surface area contributed by atoms with E-state index in [1.807, 2.05) is 35.9 Å². The Morgan fingerprint density at radius 3 is 2.52 bits per heavy atom. The van der Waals surface area contributed by atoms with Gasteiger partial charge in [-0.05, 0) is 48.2 Å². The van der Waals surface area contributed by atoms with Gasteiger partial charge in [-0.25, -0.2) is 9.97 Å². The second kappa shape index (κ2) is 5.79. The van der Waals surface area contributed by atoms with Gasteiger partial charge in [0, 0.05) is 18.8 Å². The van der Waals surface area contributed by atoms with E-state index in [-0.39, 0.29) is 5.75 Å². The van der Waals surface area contributed by atoms with Gasteiger partial charge in [-0.2, -0.15) is 0 Å². The molecule has 0 saturated heterocycles. The number of rotatable bonds is 3. The maximum absolute atomic E-state index is 9.39. The normalized spacial score (nSPS) is 10.8. The van der Waals surface area contributed by atoms with Crippen molar-refractivity contribution >= 4 is 23.4 Å². The predicted molar refractivity (Wildman–Crippen MR) is 83.7 cm³/mol. The summed E-state index contributed by atoms with van der Waals surface area (Å²) in [5.74, 6) is 0.239. The molecule has 0 aliphatic heterocycles. The standard InChI is InChI=1S/C15H12ClN3OS/c1-19-9-18-14(10-2-5-12(20)6-3-10)15(19)21-13-7-4-11(16)8-17-13/h2-9,20H,1H3. The van der Waals surface area contributed by atoms with E-state index < -0.39 is 0 Å². The molecule has 0 fully saturated rings. The molecule has 3 aromatic rings. The quantitative estimate of drug-likeness (QED) is 0.793. The second-order valence-corrected chi connectivity index (χ2v) is 5.92. The molecule has 0 unspecified atom stereocenters. The monoisotopic (exact) mass is 317 g/mol. The predicted octanol–water partition coefficient (Wildman–Crippen LogP) is 3.99. The lowest BCUT2D eigenvalue weighted by Crippen LogP contribution is -1.90. The molecule has 0 bridgehead atoms. The maximum atomic E-state index is 9.39. The van der Waals surface area contributed by atoms with Crippen LogP contribution in [0, 0.1) is 0 Å². The molecule has 4 nitrogen and oxygen atoms in total. The van der Waals surface area contributed by atoms with Gasteiger partial charge in [0.25, 0.3) is 0 Å². The summed E-state index contributed by atoms with van der Waals surface area (Å²) < 4.78 is 1.95. The molecule has 6 heteroatoms. The van der Waals surface area contributed by atoms with Gasteiger partial charge in [0.05, 0.1) is 11.3 Å². The number of aromatic hydroxyl groups is 1. The lowest BCUT2D eigenvalue weighted by atomic mass is 10.2.